The normalized spacial score (nSPS) is 13.7. The quantitative estimate of drug-likeness (QED) is 0.283. The van der Waals surface area contributed by atoms with Crippen LogP contribution in [0, 0.1) is 11.6 Å². The zero-order valence-electron chi connectivity index (χ0n) is 23.6. The van der Waals surface area contributed by atoms with Gasteiger partial charge in [-0.15, -0.1) is 0 Å². The van der Waals surface area contributed by atoms with Gasteiger partial charge in [0.05, 0.1) is 12.6 Å². The van der Waals surface area contributed by atoms with Gasteiger partial charge < -0.3 is 19.9 Å². The fraction of sp³-hybridized carbons (Fsp3) is 0.207. The number of piperazine rings is 1. The summed E-state index contributed by atoms with van der Waals surface area (Å²) in [6.45, 7) is 1.82. The zero-order valence-corrected chi connectivity index (χ0v) is 24.4. The molecule has 1 saturated heterocycles. The monoisotopic (exact) mass is 623 g/mol. The maximum atomic E-state index is 14.3. The summed E-state index contributed by atoms with van der Waals surface area (Å²) in [6.07, 6.45) is 5.39. The summed E-state index contributed by atoms with van der Waals surface area (Å²) in [5, 5.41) is 3.15. The van der Waals surface area contributed by atoms with Gasteiger partial charge >= 0.3 is 0 Å². The molecule has 1 fully saturated rings. The number of anilines is 2. The van der Waals surface area contributed by atoms with Crippen LogP contribution < -0.4 is 19.7 Å². The number of aromatic nitrogens is 3. The molecule has 5 rings (SSSR count). The molecule has 1 aliphatic heterocycles. The van der Waals surface area contributed by atoms with Crippen molar-refractivity contribution in [1.82, 2.24) is 25.2 Å². The molecule has 15 heteroatoms. The van der Waals surface area contributed by atoms with Crippen molar-refractivity contribution < 1.29 is 31.5 Å². The molecule has 0 aliphatic carbocycles. The third kappa shape index (κ3) is 6.41. The molecular weight excluding hydrogens is 596 g/mol. The zero-order chi connectivity index (χ0) is 31.4. The molecule has 0 saturated carbocycles. The van der Waals surface area contributed by atoms with Gasteiger partial charge in [0.2, 0.25) is 17.7 Å². The first-order chi connectivity index (χ1) is 21.1. The number of pyridine rings is 1. The molecular formula is C29H27F2N7O5S. The first-order valence-electron chi connectivity index (χ1n) is 13.3. The molecule has 0 spiro atoms. The Kier molecular flexibility index (Phi) is 8.66. The van der Waals surface area contributed by atoms with E-state index in [1.165, 1.54) is 44.9 Å². The minimum Gasteiger partial charge on any atom is -0.480 e. The van der Waals surface area contributed by atoms with Crippen LogP contribution in [0.3, 0.4) is 0 Å². The Morgan fingerprint density at radius 1 is 0.955 bits per heavy atom. The molecule has 0 radical (unpaired) electrons. The highest BCUT2D eigenvalue weighted by Crippen LogP contribution is 2.33. The molecule has 2 aromatic carbocycles. The van der Waals surface area contributed by atoms with E-state index in [1.807, 2.05) is 11.0 Å². The highest BCUT2D eigenvalue weighted by Gasteiger charge is 2.24. The van der Waals surface area contributed by atoms with E-state index in [2.05, 4.69) is 25.0 Å². The Balaban J connectivity index is 1.42. The molecule has 0 bridgehead atoms. The van der Waals surface area contributed by atoms with Gasteiger partial charge in [-0.3, -0.25) is 14.3 Å². The fourth-order valence-corrected chi connectivity index (χ4v) is 5.80. The van der Waals surface area contributed by atoms with E-state index in [9.17, 15) is 26.8 Å². The van der Waals surface area contributed by atoms with E-state index < -0.39 is 26.6 Å². The number of hydrogen-bond acceptors (Lipinski definition) is 9. The van der Waals surface area contributed by atoms with Crippen LogP contribution in [0.15, 0.2) is 72.0 Å². The Morgan fingerprint density at radius 2 is 1.73 bits per heavy atom. The van der Waals surface area contributed by atoms with Crippen molar-refractivity contribution in [3.8, 4) is 17.0 Å². The van der Waals surface area contributed by atoms with Crippen LogP contribution in [0.2, 0.25) is 0 Å². The van der Waals surface area contributed by atoms with Crippen molar-refractivity contribution in [2.45, 2.75) is 4.90 Å². The Hall–Kier alpha value is -5.18. The number of nitrogens with one attached hydrogen (secondary N) is 2. The van der Waals surface area contributed by atoms with Crippen LogP contribution in [0.1, 0.15) is 0 Å². The summed E-state index contributed by atoms with van der Waals surface area (Å²) in [5.74, 6) is -2.18. The number of amides is 2. The largest absolute Gasteiger partial charge is 0.480 e. The SMILES string of the molecule is CNC(=O)/C=C/C(=O)N1CCN(c2ncnc3ccc(-c4cnc(OC)c(NS(=O)(=O)c5ccc(F)cc5F)c4)cc23)CC1. The predicted molar refractivity (Wildman–Crippen MR) is 158 cm³/mol. The number of carbonyl (C=O) groups is 2. The van der Waals surface area contributed by atoms with Crippen molar-refractivity contribution in [2.24, 2.45) is 0 Å². The van der Waals surface area contributed by atoms with E-state index >= 15 is 0 Å². The number of likely N-dealkylation sites (N-methyl/N-ethyl adjacent to an activating group) is 1. The molecule has 44 heavy (non-hydrogen) atoms. The van der Waals surface area contributed by atoms with Crippen LogP contribution in [0.5, 0.6) is 5.88 Å². The number of fused-ring (bicyclic) bond motifs is 1. The summed E-state index contributed by atoms with van der Waals surface area (Å²) in [4.78, 5) is 39.9. The molecule has 1 aliphatic rings. The van der Waals surface area contributed by atoms with Gasteiger partial charge in [0.15, 0.2) is 0 Å². The third-order valence-electron chi connectivity index (χ3n) is 6.93. The van der Waals surface area contributed by atoms with Gasteiger partial charge in [-0.25, -0.2) is 32.2 Å². The van der Waals surface area contributed by atoms with E-state index in [0.717, 1.165) is 17.5 Å². The van der Waals surface area contributed by atoms with Crippen LogP contribution in [-0.2, 0) is 19.6 Å². The van der Waals surface area contributed by atoms with E-state index in [4.69, 9.17) is 4.74 Å². The van der Waals surface area contributed by atoms with E-state index in [-0.39, 0.29) is 23.4 Å². The number of hydrogen-bond donors (Lipinski definition) is 2. The van der Waals surface area contributed by atoms with Crippen molar-refractivity contribution in [3.63, 3.8) is 0 Å². The molecule has 12 nitrogen and oxygen atoms in total. The highest BCUT2D eigenvalue weighted by atomic mass is 32.2. The number of nitrogens with zero attached hydrogens (tertiary/aromatic N) is 5. The molecule has 228 valence electrons. The Bertz CT molecular complexity index is 1880. The van der Waals surface area contributed by atoms with Gasteiger partial charge in [-0.05, 0) is 35.9 Å². The van der Waals surface area contributed by atoms with Gasteiger partial charge in [0.1, 0.15) is 34.4 Å². The van der Waals surface area contributed by atoms with E-state index in [1.54, 1.807) is 17.0 Å². The number of rotatable bonds is 8. The third-order valence-corrected chi connectivity index (χ3v) is 8.33. The van der Waals surface area contributed by atoms with Crippen molar-refractivity contribution in [1.29, 1.82) is 0 Å². The van der Waals surface area contributed by atoms with E-state index in [0.29, 0.717) is 54.7 Å². The Labute approximate surface area is 251 Å². The average molecular weight is 624 g/mol. The lowest BCUT2D eigenvalue weighted by Crippen LogP contribution is -2.48. The first kappa shape index (κ1) is 30.3. The number of halogens is 2. The van der Waals surface area contributed by atoms with Gasteiger partial charge in [0.25, 0.3) is 10.0 Å². The van der Waals surface area contributed by atoms with Crippen molar-refractivity contribution >= 4 is 44.2 Å². The maximum absolute atomic E-state index is 14.3. The Morgan fingerprint density at radius 3 is 2.43 bits per heavy atom. The summed E-state index contributed by atoms with van der Waals surface area (Å²) in [5.41, 5.74) is 1.79. The molecule has 4 aromatic rings. The molecule has 2 aromatic heterocycles. The standard InChI is InChI=1S/C29H27F2N7O5S/c1-32-26(39)7-8-27(40)37-9-11-38(12-10-37)28-21-13-18(3-5-23(21)34-17-35-28)19-14-24(29(43-2)33-16-19)36-44(41,42)25-6-4-20(30)15-22(25)31/h3-8,13-17,36H,9-12H2,1-2H3,(H,32,39)/b8-7+. The second-order valence-corrected chi connectivity index (χ2v) is 11.3. The minimum absolute atomic E-state index is 0.0513. The van der Waals surface area contributed by atoms with Gasteiger partial charge in [-0.1, -0.05) is 6.07 Å². The number of methoxy groups -OCH3 is 1. The average Bonchev–Trinajstić information content (AvgIpc) is 3.02. The molecule has 2 amide bonds. The molecule has 3 heterocycles. The number of benzene rings is 2. The predicted octanol–water partition coefficient (Wildman–Crippen LogP) is 2.73. The summed E-state index contributed by atoms with van der Waals surface area (Å²) < 4.78 is 61.1. The number of ether oxygens (including phenoxy) is 1. The first-order valence-corrected chi connectivity index (χ1v) is 14.8. The fourth-order valence-electron chi connectivity index (χ4n) is 4.69. The summed E-state index contributed by atoms with van der Waals surface area (Å²) in [7, 11) is -1.67. The van der Waals surface area contributed by atoms with Crippen molar-refractivity contribution in [3.05, 3.63) is 78.8 Å². The lowest BCUT2D eigenvalue weighted by Gasteiger charge is -2.35. The molecule has 0 atom stereocenters. The number of sulfonamides is 1. The second kappa shape index (κ2) is 12.6. The summed E-state index contributed by atoms with van der Waals surface area (Å²) >= 11 is 0. The van der Waals surface area contributed by atoms with Gasteiger partial charge in [-0.2, -0.15) is 0 Å². The maximum Gasteiger partial charge on any atom is 0.264 e. The van der Waals surface area contributed by atoms with Crippen LogP contribution >= 0.6 is 0 Å². The highest BCUT2D eigenvalue weighted by molar-refractivity contribution is 7.92. The molecule has 2 N–H and O–H groups in total. The van der Waals surface area contributed by atoms with Crippen LogP contribution in [-0.4, -0.2) is 80.4 Å². The second-order valence-electron chi connectivity index (χ2n) is 9.65. The topological polar surface area (TPSA) is 147 Å². The van der Waals surface area contributed by atoms with Crippen molar-refractivity contribution in [2.75, 3.05) is 50.0 Å². The number of carbonyl (C=O) groups excluding carboxylic acids is 2. The lowest BCUT2D eigenvalue weighted by molar-refractivity contribution is -0.126. The van der Waals surface area contributed by atoms with Gasteiger partial charge in [0, 0.05) is 68.6 Å². The smallest absolute Gasteiger partial charge is 0.264 e. The minimum atomic E-state index is -4.46. The molecule has 0 unspecified atom stereocenters. The summed E-state index contributed by atoms with van der Waals surface area (Å²) in [6, 6.07) is 9.08. The van der Waals surface area contributed by atoms with Crippen LogP contribution in [0.4, 0.5) is 20.3 Å². The lowest BCUT2D eigenvalue weighted by atomic mass is 10.0. The van der Waals surface area contributed by atoms with Crippen LogP contribution in [0.25, 0.3) is 22.0 Å².